The number of rotatable bonds is 5. The molecule has 3 aromatic rings. The number of primary amides is 1. The Balaban J connectivity index is 2.40. The number of nitrogens with two attached hydrogens (primary N) is 1. The van der Waals surface area contributed by atoms with Crippen LogP contribution in [0.1, 0.15) is 16.8 Å². The van der Waals surface area contributed by atoms with Crippen LogP contribution in [-0.2, 0) is 11.3 Å². The van der Waals surface area contributed by atoms with Gasteiger partial charge in [-0.25, -0.2) is 4.98 Å². The fourth-order valence-electron chi connectivity index (χ4n) is 2.66. The number of pyridine rings is 2. The highest BCUT2D eigenvalue weighted by Crippen LogP contribution is 2.10. The summed E-state index contributed by atoms with van der Waals surface area (Å²) < 4.78 is 7.96. The molecule has 24 heavy (non-hydrogen) atoms. The van der Waals surface area contributed by atoms with Crippen molar-refractivity contribution < 1.29 is 9.53 Å². The second-order valence-electron chi connectivity index (χ2n) is 5.35. The Morgan fingerprint density at radius 1 is 1.42 bits per heavy atom. The van der Waals surface area contributed by atoms with Crippen molar-refractivity contribution in [3.63, 3.8) is 0 Å². The molecule has 8 nitrogen and oxygen atoms in total. The molecule has 0 spiro atoms. The van der Waals surface area contributed by atoms with E-state index in [9.17, 15) is 9.59 Å². The number of amides is 1. The Hall–Kier alpha value is -3.00. The zero-order chi connectivity index (χ0) is 17.3. The van der Waals surface area contributed by atoms with Gasteiger partial charge in [0.05, 0.1) is 10.9 Å². The first kappa shape index (κ1) is 15.9. The second kappa shape index (κ2) is 6.25. The van der Waals surface area contributed by atoms with Crippen LogP contribution in [0.25, 0.3) is 16.7 Å². The minimum absolute atomic E-state index is 0.00491. The molecule has 0 bridgehead atoms. The maximum Gasteiger partial charge on any atom is 0.267 e. The van der Waals surface area contributed by atoms with Crippen molar-refractivity contribution in [3.05, 3.63) is 51.9 Å². The van der Waals surface area contributed by atoms with Crippen LogP contribution in [0.2, 0.25) is 0 Å². The average Bonchev–Trinajstić information content (AvgIpc) is 2.57. The molecular formula is C16H17N5O3. The molecule has 0 atom stereocenters. The number of nitrogens with zero attached hydrogens (tertiary/aromatic N) is 3. The summed E-state index contributed by atoms with van der Waals surface area (Å²) in [5, 5.41) is 8.50. The number of carbonyl (C=O) groups is 1. The van der Waals surface area contributed by atoms with Crippen LogP contribution >= 0.6 is 0 Å². The molecular weight excluding hydrogens is 310 g/mol. The number of hydrogen-bond acceptors (Lipinski definition) is 5. The van der Waals surface area contributed by atoms with E-state index in [0.29, 0.717) is 30.9 Å². The van der Waals surface area contributed by atoms with Crippen molar-refractivity contribution >= 4 is 22.6 Å². The molecule has 0 radical (unpaired) electrons. The Morgan fingerprint density at radius 3 is 2.92 bits per heavy atom. The summed E-state index contributed by atoms with van der Waals surface area (Å²) in [6.07, 6.45) is 2.22. The van der Waals surface area contributed by atoms with Gasteiger partial charge in [-0.2, -0.15) is 0 Å². The minimum Gasteiger partial charge on any atom is -0.385 e. The van der Waals surface area contributed by atoms with Gasteiger partial charge in [0, 0.05) is 26.5 Å². The van der Waals surface area contributed by atoms with Crippen molar-refractivity contribution in [2.45, 2.75) is 13.0 Å². The van der Waals surface area contributed by atoms with Crippen LogP contribution in [0.4, 0.5) is 0 Å². The fourth-order valence-corrected chi connectivity index (χ4v) is 2.66. The summed E-state index contributed by atoms with van der Waals surface area (Å²) in [6.45, 7) is 0.876. The summed E-state index contributed by atoms with van der Waals surface area (Å²) in [6, 6.07) is 6.57. The standard InChI is InChI=1S/C16H17N5O3/c1-24-8-4-7-21-13(17)10(14(18)22)9-11-15(21)19-12-5-2-3-6-20(12)16(11)23/h2-3,5-6,9,17H,4,7-8H2,1H3,(H2,18,22). The zero-order valence-electron chi connectivity index (χ0n) is 13.2. The molecule has 0 unspecified atom stereocenters. The molecule has 3 N–H and O–H groups in total. The first-order valence-electron chi connectivity index (χ1n) is 7.43. The Morgan fingerprint density at radius 2 is 2.21 bits per heavy atom. The van der Waals surface area contributed by atoms with Crippen LogP contribution in [0, 0.1) is 5.41 Å². The van der Waals surface area contributed by atoms with Gasteiger partial charge >= 0.3 is 0 Å². The van der Waals surface area contributed by atoms with Gasteiger partial charge in [-0.05, 0) is 24.6 Å². The van der Waals surface area contributed by atoms with E-state index in [-0.39, 0.29) is 22.0 Å². The summed E-state index contributed by atoms with van der Waals surface area (Å²) in [7, 11) is 1.59. The number of aromatic nitrogens is 3. The Labute approximate surface area is 136 Å². The van der Waals surface area contributed by atoms with E-state index in [1.165, 1.54) is 15.0 Å². The normalized spacial score (nSPS) is 11.2. The molecule has 0 aliphatic heterocycles. The highest BCUT2D eigenvalue weighted by atomic mass is 16.5. The fraction of sp³-hybridized carbons (Fsp3) is 0.250. The number of carbonyl (C=O) groups excluding carboxylic acids is 1. The van der Waals surface area contributed by atoms with Crippen molar-refractivity contribution in [2.75, 3.05) is 13.7 Å². The monoisotopic (exact) mass is 327 g/mol. The van der Waals surface area contributed by atoms with E-state index in [0.717, 1.165) is 0 Å². The molecule has 1 amide bonds. The largest absolute Gasteiger partial charge is 0.385 e. The number of hydrogen-bond donors (Lipinski definition) is 2. The third-order valence-electron chi connectivity index (χ3n) is 3.81. The predicted octanol–water partition coefficient (Wildman–Crippen LogP) is 0.264. The van der Waals surface area contributed by atoms with Gasteiger partial charge in [0.25, 0.3) is 11.5 Å². The number of nitrogens with one attached hydrogen (secondary N) is 1. The molecule has 124 valence electrons. The van der Waals surface area contributed by atoms with E-state index >= 15 is 0 Å². The minimum atomic E-state index is -0.750. The highest BCUT2D eigenvalue weighted by molar-refractivity contribution is 5.95. The predicted molar refractivity (Wildman–Crippen MR) is 87.8 cm³/mol. The maximum absolute atomic E-state index is 12.7. The third kappa shape index (κ3) is 2.56. The molecule has 0 aliphatic carbocycles. The first-order valence-corrected chi connectivity index (χ1v) is 7.43. The van der Waals surface area contributed by atoms with Gasteiger partial charge in [-0.3, -0.25) is 19.4 Å². The number of aryl methyl sites for hydroxylation is 1. The van der Waals surface area contributed by atoms with Gasteiger partial charge in [-0.15, -0.1) is 0 Å². The molecule has 0 saturated heterocycles. The zero-order valence-corrected chi connectivity index (χ0v) is 13.2. The lowest BCUT2D eigenvalue weighted by molar-refractivity contribution is 0.0998. The molecule has 0 saturated carbocycles. The molecule has 0 fully saturated rings. The summed E-state index contributed by atoms with van der Waals surface area (Å²) >= 11 is 0. The topological polar surface area (TPSA) is 115 Å². The summed E-state index contributed by atoms with van der Waals surface area (Å²) in [5.74, 6) is -0.750. The van der Waals surface area contributed by atoms with Crippen LogP contribution in [-0.4, -0.2) is 33.6 Å². The smallest absolute Gasteiger partial charge is 0.267 e. The molecule has 3 rings (SSSR count). The number of methoxy groups -OCH3 is 1. The average molecular weight is 327 g/mol. The number of ether oxygens (including phenoxy) is 1. The highest BCUT2D eigenvalue weighted by Gasteiger charge is 2.15. The summed E-state index contributed by atoms with van der Waals surface area (Å²) in [4.78, 5) is 28.9. The van der Waals surface area contributed by atoms with E-state index in [1.54, 1.807) is 31.5 Å². The lowest BCUT2D eigenvalue weighted by Gasteiger charge is -2.13. The Bertz CT molecular complexity index is 1050. The van der Waals surface area contributed by atoms with Crippen LogP contribution in [0.5, 0.6) is 0 Å². The van der Waals surface area contributed by atoms with Gasteiger partial charge in [-0.1, -0.05) is 6.07 Å². The second-order valence-corrected chi connectivity index (χ2v) is 5.35. The van der Waals surface area contributed by atoms with Gasteiger partial charge < -0.3 is 15.0 Å². The molecule has 3 heterocycles. The van der Waals surface area contributed by atoms with Gasteiger partial charge in [0.2, 0.25) is 0 Å². The van der Waals surface area contributed by atoms with Crippen molar-refractivity contribution in [2.24, 2.45) is 5.73 Å². The quantitative estimate of drug-likeness (QED) is 0.516. The molecule has 0 aliphatic rings. The first-order chi connectivity index (χ1) is 11.5. The van der Waals surface area contributed by atoms with Crippen LogP contribution in [0.15, 0.2) is 35.3 Å². The molecule has 3 aromatic heterocycles. The molecule has 0 aromatic carbocycles. The van der Waals surface area contributed by atoms with Crippen molar-refractivity contribution in [3.8, 4) is 0 Å². The molecule has 8 heteroatoms. The SMILES string of the molecule is COCCCn1c(=N)c(C(N)=O)cc2c(=O)n3ccccc3nc21. The summed E-state index contributed by atoms with van der Waals surface area (Å²) in [5.41, 5.74) is 5.83. The lowest BCUT2D eigenvalue weighted by atomic mass is 10.2. The van der Waals surface area contributed by atoms with E-state index in [1.807, 2.05) is 0 Å². The Kier molecular flexibility index (Phi) is 4.13. The van der Waals surface area contributed by atoms with Crippen LogP contribution < -0.4 is 16.8 Å². The van der Waals surface area contributed by atoms with E-state index in [4.69, 9.17) is 15.9 Å². The number of fused-ring (bicyclic) bond motifs is 2. The van der Waals surface area contributed by atoms with E-state index < -0.39 is 5.91 Å². The van der Waals surface area contributed by atoms with Crippen molar-refractivity contribution in [1.82, 2.24) is 14.0 Å². The van der Waals surface area contributed by atoms with Crippen LogP contribution in [0.3, 0.4) is 0 Å². The van der Waals surface area contributed by atoms with E-state index in [2.05, 4.69) is 4.98 Å². The van der Waals surface area contributed by atoms with Gasteiger partial charge in [0.15, 0.2) is 0 Å². The van der Waals surface area contributed by atoms with Crippen molar-refractivity contribution in [1.29, 1.82) is 5.41 Å². The lowest BCUT2D eigenvalue weighted by Crippen LogP contribution is -2.32. The van der Waals surface area contributed by atoms with Gasteiger partial charge in [0.1, 0.15) is 16.8 Å². The third-order valence-corrected chi connectivity index (χ3v) is 3.81. The maximum atomic E-state index is 12.7.